The third-order valence-corrected chi connectivity index (χ3v) is 5.16. The number of carboxylic acid groups (broad SMARTS) is 2. The molecule has 6 heteroatoms. The molecular formula is C22H23NO5. The Morgan fingerprint density at radius 3 is 2.46 bits per heavy atom. The summed E-state index contributed by atoms with van der Waals surface area (Å²) >= 11 is 0. The standard InChI is InChI=1S/C22H23NO5/c24-20(25)9-8-16-12-19-13-17(22(27)28)6-7-18(19)14-23(21(16)26)11-10-15-4-2-1-3-5-15/h1-7,13,16H,8-12,14H2,(H,24,25)(H,27,28). The molecule has 1 heterocycles. The van der Waals surface area contributed by atoms with Crippen LogP contribution in [-0.2, 0) is 29.0 Å². The van der Waals surface area contributed by atoms with Gasteiger partial charge >= 0.3 is 11.9 Å². The fraction of sp³-hybridized carbons (Fsp3) is 0.318. The van der Waals surface area contributed by atoms with Gasteiger partial charge in [-0.25, -0.2) is 4.79 Å². The van der Waals surface area contributed by atoms with Gasteiger partial charge in [0.25, 0.3) is 0 Å². The number of nitrogens with zero attached hydrogens (tertiary/aromatic N) is 1. The normalized spacial score (nSPS) is 16.4. The van der Waals surface area contributed by atoms with Gasteiger partial charge in [-0.2, -0.15) is 0 Å². The number of hydrogen-bond donors (Lipinski definition) is 2. The zero-order valence-electron chi connectivity index (χ0n) is 15.5. The van der Waals surface area contributed by atoms with E-state index in [0.717, 1.165) is 16.7 Å². The lowest BCUT2D eigenvalue weighted by Crippen LogP contribution is -2.36. The molecular weight excluding hydrogens is 358 g/mol. The van der Waals surface area contributed by atoms with Gasteiger partial charge in [0, 0.05) is 25.4 Å². The SMILES string of the molecule is O=C(O)CCC1Cc2cc(C(=O)O)ccc2CN(CCc2ccccc2)C1=O. The van der Waals surface area contributed by atoms with Crippen molar-refractivity contribution in [2.24, 2.45) is 5.92 Å². The van der Waals surface area contributed by atoms with Crippen molar-refractivity contribution in [3.63, 3.8) is 0 Å². The highest BCUT2D eigenvalue weighted by Crippen LogP contribution is 2.27. The minimum Gasteiger partial charge on any atom is -0.481 e. The minimum atomic E-state index is -1.01. The topological polar surface area (TPSA) is 94.9 Å². The van der Waals surface area contributed by atoms with Gasteiger partial charge in [-0.05, 0) is 48.1 Å². The molecule has 0 aliphatic carbocycles. The van der Waals surface area contributed by atoms with Gasteiger partial charge in [-0.15, -0.1) is 0 Å². The van der Waals surface area contributed by atoms with Gasteiger partial charge < -0.3 is 15.1 Å². The predicted octanol–water partition coefficient (Wildman–Crippen LogP) is 2.99. The van der Waals surface area contributed by atoms with Crippen molar-refractivity contribution in [1.29, 1.82) is 0 Å². The van der Waals surface area contributed by atoms with Crippen LogP contribution >= 0.6 is 0 Å². The molecule has 0 saturated carbocycles. The van der Waals surface area contributed by atoms with Crippen molar-refractivity contribution in [2.75, 3.05) is 6.54 Å². The summed E-state index contributed by atoms with van der Waals surface area (Å²) in [6, 6.07) is 14.8. The number of carboxylic acids is 2. The third-order valence-electron chi connectivity index (χ3n) is 5.16. The molecule has 0 bridgehead atoms. The van der Waals surface area contributed by atoms with Crippen LogP contribution in [-0.4, -0.2) is 39.5 Å². The smallest absolute Gasteiger partial charge is 0.335 e. The van der Waals surface area contributed by atoms with Crippen molar-refractivity contribution in [3.05, 3.63) is 70.8 Å². The Kier molecular flexibility index (Phi) is 6.09. The molecule has 1 amide bonds. The molecule has 6 nitrogen and oxygen atoms in total. The van der Waals surface area contributed by atoms with Crippen LogP contribution in [0.4, 0.5) is 0 Å². The van der Waals surface area contributed by atoms with Crippen LogP contribution in [0.3, 0.4) is 0 Å². The van der Waals surface area contributed by atoms with E-state index in [1.165, 1.54) is 0 Å². The summed E-state index contributed by atoms with van der Waals surface area (Å²) in [6.45, 7) is 0.941. The molecule has 0 spiro atoms. The Hall–Kier alpha value is -3.15. The van der Waals surface area contributed by atoms with Crippen molar-refractivity contribution >= 4 is 17.8 Å². The summed E-state index contributed by atoms with van der Waals surface area (Å²) in [5, 5.41) is 18.3. The van der Waals surface area contributed by atoms with Crippen LogP contribution < -0.4 is 0 Å². The Bertz CT molecular complexity index is 878. The van der Waals surface area contributed by atoms with Gasteiger partial charge in [0.05, 0.1) is 5.56 Å². The molecule has 0 aromatic heterocycles. The lowest BCUT2D eigenvalue weighted by molar-refractivity contribution is -0.139. The average molecular weight is 381 g/mol. The lowest BCUT2D eigenvalue weighted by atomic mass is 9.92. The average Bonchev–Trinajstić information content (AvgIpc) is 2.81. The number of carbonyl (C=O) groups is 3. The summed E-state index contributed by atoms with van der Waals surface area (Å²) in [6.07, 6.45) is 1.23. The van der Waals surface area contributed by atoms with Gasteiger partial charge in [-0.1, -0.05) is 36.4 Å². The predicted molar refractivity (Wildman–Crippen MR) is 103 cm³/mol. The Labute approximate surface area is 163 Å². The highest BCUT2D eigenvalue weighted by atomic mass is 16.4. The van der Waals surface area contributed by atoms with Crippen LogP contribution in [0.2, 0.25) is 0 Å². The fourth-order valence-electron chi connectivity index (χ4n) is 3.62. The first-order chi connectivity index (χ1) is 13.4. The molecule has 0 saturated heterocycles. The van der Waals surface area contributed by atoms with Crippen LogP contribution in [0.15, 0.2) is 48.5 Å². The molecule has 0 radical (unpaired) electrons. The van der Waals surface area contributed by atoms with E-state index in [0.29, 0.717) is 25.9 Å². The van der Waals surface area contributed by atoms with E-state index in [-0.39, 0.29) is 24.3 Å². The van der Waals surface area contributed by atoms with Gasteiger partial charge in [0.1, 0.15) is 0 Å². The lowest BCUT2D eigenvalue weighted by Gasteiger charge is -2.24. The van der Waals surface area contributed by atoms with Crippen molar-refractivity contribution in [2.45, 2.75) is 32.2 Å². The fourth-order valence-corrected chi connectivity index (χ4v) is 3.62. The molecule has 28 heavy (non-hydrogen) atoms. The van der Waals surface area contributed by atoms with Crippen LogP contribution in [0.1, 0.15) is 39.9 Å². The van der Waals surface area contributed by atoms with E-state index in [2.05, 4.69) is 0 Å². The van der Waals surface area contributed by atoms with Gasteiger partial charge in [-0.3, -0.25) is 9.59 Å². The highest BCUT2D eigenvalue weighted by Gasteiger charge is 2.30. The molecule has 2 aromatic rings. The van der Waals surface area contributed by atoms with Crippen molar-refractivity contribution in [3.8, 4) is 0 Å². The van der Waals surface area contributed by atoms with E-state index in [1.807, 2.05) is 30.3 Å². The number of rotatable bonds is 7. The first-order valence-corrected chi connectivity index (χ1v) is 9.33. The second kappa shape index (κ2) is 8.69. The van der Waals surface area contributed by atoms with Crippen molar-refractivity contribution in [1.82, 2.24) is 4.90 Å². The third kappa shape index (κ3) is 4.76. The largest absolute Gasteiger partial charge is 0.481 e. The second-order valence-corrected chi connectivity index (χ2v) is 7.12. The maximum atomic E-state index is 13.1. The molecule has 0 fully saturated rings. The minimum absolute atomic E-state index is 0.0646. The van der Waals surface area contributed by atoms with E-state index in [9.17, 15) is 19.5 Å². The van der Waals surface area contributed by atoms with Crippen LogP contribution in [0.25, 0.3) is 0 Å². The van der Waals surface area contributed by atoms with E-state index >= 15 is 0 Å². The Morgan fingerprint density at radius 1 is 1.04 bits per heavy atom. The maximum Gasteiger partial charge on any atom is 0.335 e. The number of fused-ring (bicyclic) bond motifs is 1. The summed E-state index contributed by atoms with van der Waals surface area (Å²) in [4.78, 5) is 37.2. The number of aliphatic carboxylic acids is 1. The molecule has 1 atom stereocenters. The Balaban J connectivity index is 1.85. The summed E-state index contributed by atoms with van der Waals surface area (Å²) in [5.74, 6) is -2.48. The quantitative estimate of drug-likeness (QED) is 0.769. The maximum absolute atomic E-state index is 13.1. The molecule has 1 aliphatic heterocycles. The first-order valence-electron chi connectivity index (χ1n) is 9.33. The first kappa shape index (κ1) is 19.6. The number of amides is 1. The number of benzene rings is 2. The molecule has 1 aliphatic rings. The zero-order valence-corrected chi connectivity index (χ0v) is 15.5. The van der Waals surface area contributed by atoms with E-state index < -0.39 is 17.9 Å². The monoisotopic (exact) mass is 381 g/mol. The summed E-state index contributed by atoms with van der Waals surface area (Å²) in [5.41, 5.74) is 3.04. The highest BCUT2D eigenvalue weighted by molar-refractivity contribution is 5.88. The molecule has 1 unspecified atom stereocenters. The molecule has 2 aromatic carbocycles. The van der Waals surface area contributed by atoms with Crippen LogP contribution in [0, 0.1) is 5.92 Å². The van der Waals surface area contributed by atoms with Gasteiger partial charge in [0.2, 0.25) is 5.91 Å². The number of hydrogen-bond acceptors (Lipinski definition) is 3. The molecule has 2 N–H and O–H groups in total. The summed E-state index contributed by atoms with van der Waals surface area (Å²) in [7, 11) is 0. The molecule has 146 valence electrons. The van der Waals surface area contributed by atoms with E-state index in [4.69, 9.17) is 5.11 Å². The van der Waals surface area contributed by atoms with Gasteiger partial charge in [0.15, 0.2) is 0 Å². The molecule has 3 rings (SSSR count). The van der Waals surface area contributed by atoms with Crippen LogP contribution in [0.5, 0.6) is 0 Å². The zero-order chi connectivity index (χ0) is 20.1. The van der Waals surface area contributed by atoms with Crippen molar-refractivity contribution < 1.29 is 24.6 Å². The Morgan fingerprint density at radius 2 is 1.79 bits per heavy atom. The number of aromatic carboxylic acids is 1. The second-order valence-electron chi connectivity index (χ2n) is 7.12. The summed E-state index contributed by atoms with van der Waals surface area (Å²) < 4.78 is 0. The number of carbonyl (C=O) groups excluding carboxylic acids is 1. The van der Waals surface area contributed by atoms with E-state index in [1.54, 1.807) is 23.1 Å².